The van der Waals surface area contributed by atoms with E-state index in [1.54, 1.807) is 7.11 Å². The van der Waals surface area contributed by atoms with Crippen LogP contribution >= 0.6 is 0 Å². The van der Waals surface area contributed by atoms with E-state index in [1.165, 1.54) is 32.1 Å². The molecular formula is C11H26N2O. The fraction of sp³-hybridized carbons (Fsp3) is 1.00. The summed E-state index contributed by atoms with van der Waals surface area (Å²) in [6.07, 6.45) is 6.68. The van der Waals surface area contributed by atoms with Crippen LogP contribution in [0.1, 0.15) is 39.0 Å². The fourth-order valence-corrected chi connectivity index (χ4v) is 1.31. The molecule has 1 atom stereocenters. The number of methoxy groups -OCH3 is 1. The van der Waals surface area contributed by atoms with Crippen LogP contribution in [0.2, 0.25) is 0 Å². The molecule has 1 unspecified atom stereocenters. The summed E-state index contributed by atoms with van der Waals surface area (Å²) in [4.78, 5) is 0. The maximum atomic E-state index is 5.41. The Kier molecular flexibility index (Phi) is 10.9. The van der Waals surface area contributed by atoms with E-state index in [0.717, 1.165) is 19.6 Å². The van der Waals surface area contributed by atoms with Crippen LogP contribution in [-0.2, 0) is 4.74 Å². The molecule has 0 spiro atoms. The van der Waals surface area contributed by atoms with E-state index in [4.69, 9.17) is 10.5 Å². The first-order chi connectivity index (χ1) is 6.81. The van der Waals surface area contributed by atoms with Crippen molar-refractivity contribution in [2.24, 2.45) is 5.73 Å². The maximum absolute atomic E-state index is 5.41. The quantitative estimate of drug-likeness (QED) is 0.528. The van der Waals surface area contributed by atoms with Crippen molar-refractivity contribution in [3.05, 3.63) is 0 Å². The average Bonchev–Trinajstić information content (AvgIpc) is 2.21. The second kappa shape index (κ2) is 11.0. The monoisotopic (exact) mass is 202 g/mol. The summed E-state index contributed by atoms with van der Waals surface area (Å²) in [6, 6.07) is 0. The lowest BCUT2D eigenvalue weighted by Gasteiger charge is -2.10. The second-order valence-corrected chi connectivity index (χ2v) is 3.81. The van der Waals surface area contributed by atoms with Crippen molar-refractivity contribution in [1.29, 1.82) is 0 Å². The molecule has 0 bridgehead atoms. The predicted octanol–water partition coefficient (Wildman–Crippen LogP) is 1.52. The standard InChI is InChI=1S/C11H26N2O/c1-11(14-2)10-13-9-7-5-3-4-6-8-12/h11,13H,3-10,12H2,1-2H3. The number of unbranched alkanes of at least 4 members (excludes halogenated alkanes) is 4. The molecule has 0 fully saturated rings. The number of nitrogens with two attached hydrogens (primary N) is 1. The molecular weight excluding hydrogens is 176 g/mol. The van der Waals surface area contributed by atoms with Crippen LogP contribution in [-0.4, -0.2) is 32.8 Å². The molecule has 0 aromatic heterocycles. The number of hydrogen-bond donors (Lipinski definition) is 2. The molecule has 0 aromatic carbocycles. The molecule has 0 rings (SSSR count). The van der Waals surface area contributed by atoms with Gasteiger partial charge in [-0.2, -0.15) is 0 Å². The van der Waals surface area contributed by atoms with Gasteiger partial charge in [-0.05, 0) is 32.9 Å². The molecule has 3 heteroatoms. The lowest BCUT2D eigenvalue weighted by Crippen LogP contribution is -2.26. The summed E-state index contributed by atoms with van der Waals surface area (Å²) in [5, 5.41) is 3.38. The van der Waals surface area contributed by atoms with Crippen LogP contribution in [0.3, 0.4) is 0 Å². The lowest BCUT2D eigenvalue weighted by atomic mass is 10.1. The number of hydrogen-bond acceptors (Lipinski definition) is 3. The molecule has 0 aromatic rings. The van der Waals surface area contributed by atoms with E-state index in [1.807, 2.05) is 0 Å². The molecule has 0 aliphatic rings. The predicted molar refractivity (Wildman–Crippen MR) is 61.5 cm³/mol. The Morgan fingerprint density at radius 1 is 1.14 bits per heavy atom. The normalized spacial score (nSPS) is 13.1. The molecule has 0 heterocycles. The lowest BCUT2D eigenvalue weighted by molar-refractivity contribution is 0.117. The molecule has 0 saturated carbocycles. The van der Waals surface area contributed by atoms with Gasteiger partial charge in [-0.25, -0.2) is 0 Å². The van der Waals surface area contributed by atoms with E-state index in [2.05, 4.69) is 12.2 Å². The molecule has 0 amide bonds. The zero-order valence-corrected chi connectivity index (χ0v) is 9.72. The van der Waals surface area contributed by atoms with Gasteiger partial charge in [0, 0.05) is 13.7 Å². The highest BCUT2D eigenvalue weighted by Crippen LogP contribution is 2.00. The Labute approximate surface area is 88.4 Å². The van der Waals surface area contributed by atoms with Crippen LogP contribution < -0.4 is 11.1 Å². The average molecular weight is 202 g/mol. The second-order valence-electron chi connectivity index (χ2n) is 3.81. The van der Waals surface area contributed by atoms with E-state index >= 15 is 0 Å². The van der Waals surface area contributed by atoms with Crippen LogP contribution in [0.25, 0.3) is 0 Å². The minimum atomic E-state index is 0.326. The molecule has 3 N–H and O–H groups in total. The Hall–Kier alpha value is -0.120. The molecule has 3 nitrogen and oxygen atoms in total. The zero-order valence-electron chi connectivity index (χ0n) is 9.72. The zero-order chi connectivity index (χ0) is 10.6. The SMILES string of the molecule is COC(C)CNCCCCCCCN. The highest BCUT2D eigenvalue weighted by Gasteiger charge is 1.96. The smallest absolute Gasteiger partial charge is 0.0667 e. The molecule has 86 valence electrons. The first kappa shape index (κ1) is 13.9. The summed E-state index contributed by atoms with van der Waals surface area (Å²) in [5.41, 5.74) is 5.41. The third-order valence-corrected chi connectivity index (χ3v) is 2.39. The van der Waals surface area contributed by atoms with E-state index in [9.17, 15) is 0 Å². The third kappa shape index (κ3) is 9.96. The van der Waals surface area contributed by atoms with Crippen molar-refractivity contribution in [2.75, 3.05) is 26.7 Å². The number of nitrogens with one attached hydrogen (secondary N) is 1. The highest BCUT2D eigenvalue weighted by molar-refractivity contribution is 4.55. The van der Waals surface area contributed by atoms with Gasteiger partial charge in [0.2, 0.25) is 0 Å². The largest absolute Gasteiger partial charge is 0.380 e. The van der Waals surface area contributed by atoms with Crippen LogP contribution in [0.15, 0.2) is 0 Å². The summed E-state index contributed by atoms with van der Waals surface area (Å²) in [7, 11) is 1.75. The fourth-order valence-electron chi connectivity index (χ4n) is 1.31. The van der Waals surface area contributed by atoms with Crippen molar-refractivity contribution in [3.63, 3.8) is 0 Å². The van der Waals surface area contributed by atoms with Gasteiger partial charge in [0.15, 0.2) is 0 Å². The van der Waals surface area contributed by atoms with Gasteiger partial charge in [0.05, 0.1) is 6.10 Å². The highest BCUT2D eigenvalue weighted by atomic mass is 16.5. The van der Waals surface area contributed by atoms with Crippen molar-refractivity contribution in [1.82, 2.24) is 5.32 Å². The van der Waals surface area contributed by atoms with Gasteiger partial charge >= 0.3 is 0 Å². The van der Waals surface area contributed by atoms with Gasteiger partial charge < -0.3 is 15.8 Å². The van der Waals surface area contributed by atoms with Crippen molar-refractivity contribution in [2.45, 2.75) is 45.1 Å². The summed E-state index contributed by atoms with van der Waals surface area (Å²) in [6.45, 7) is 4.98. The first-order valence-electron chi connectivity index (χ1n) is 5.74. The summed E-state index contributed by atoms with van der Waals surface area (Å²) in [5.74, 6) is 0. The minimum Gasteiger partial charge on any atom is -0.380 e. The molecule has 0 aliphatic heterocycles. The van der Waals surface area contributed by atoms with Crippen LogP contribution in [0, 0.1) is 0 Å². The van der Waals surface area contributed by atoms with Gasteiger partial charge in [0.1, 0.15) is 0 Å². The Balaban J connectivity index is 2.92. The Bertz CT molecular complexity index is 109. The van der Waals surface area contributed by atoms with Gasteiger partial charge in [-0.15, -0.1) is 0 Å². The molecule has 0 saturated heterocycles. The van der Waals surface area contributed by atoms with Gasteiger partial charge in [-0.3, -0.25) is 0 Å². The van der Waals surface area contributed by atoms with E-state index in [0.29, 0.717) is 6.10 Å². The van der Waals surface area contributed by atoms with E-state index in [-0.39, 0.29) is 0 Å². The number of rotatable bonds is 10. The Morgan fingerprint density at radius 2 is 1.79 bits per heavy atom. The van der Waals surface area contributed by atoms with Crippen molar-refractivity contribution in [3.8, 4) is 0 Å². The van der Waals surface area contributed by atoms with Gasteiger partial charge in [-0.1, -0.05) is 19.3 Å². The number of ether oxygens (including phenoxy) is 1. The molecule has 14 heavy (non-hydrogen) atoms. The van der Waals surface area contributed by atoms with E-state index < -0.39 is 0 Å². The van der Waals surface area contributed by atoms with Crippen molar-refractivity contribution < 1.29 is 4.74 Å². The minimum absolute atomic E-state index is 0.326. The summed E-state index contributed by atoms with van der Waals surface area (Å²) >= 11 is 0. The molecule has 0 aliphatic carbocycles. The van der Waals surface area contributed by atoms with Crippen LogP contribution in [0.5, 0.6) is 0 Å². The Morgan fingerprint density at radius 3 is 2.43 bits per heavy atom. The first-order valence-corrected chi connectivity index (χ1v) is 5.74. The van der Waals surface area contributed by atoms with Crippen LogP contribution in [0.4, 0.5) is 0 Å². The topological polar surface area (TPSA) is 47.3 Å². The van der Waals surface area contributed by atoms with Crippen molar-refractivity contribution >= 4 is 0 Å². The third-order valence-electron chi connectivity index (χ3n) is 2.39. The summed E-state index contributed by atoms with van der Waals surface area (Å²) < 4.78 is 5.13. The van der Waals surface area contributed by atoms with Gasteiger partial charge in [0.25, 0.3) is 0 Å². The maximum Gasteiger partial charge on any atom is 0.0667 e. The molecule has 0 radical (unpaired) electrons.